The molecule has 0 saturated heterocycles. The van der Waals surface area contributed by atoms with Crippen LogP contribution in [0.5, 0.6) is 5.88 Å². The largest absolute Gasteiger partial charge is 0.472 e. The summed E-state index contributed by atoms with van der Waals surface area (Å²) in [5.74, 6) is -0.0871. The number of benzene rings is 1. The molecule has 0 unspecified atom stereocenters. The van der Waals surface area contributed by atoms with Crippen LogP contribution in [0.4, 0.5) is 5.69 Å². The molecule has 1 amide bonds. The van der Waals surface area contributed by atoms with E-state index in [1.165, 1.54) is 24.5 Å². The second-order valence-electron chi connectivity index (χ2n) is 6.59. The number of nitriles is 1. The Kier molecular flexibility index (Phi) is 5.79. The number of aromatic nitrogens is 2. The van der Waals surface area contributed by atoms with Crippen LogP contribution in [-0.2, 0) is 0 Å². The molecule has 0 bridgehead atoms. The molecule has 0 spiro atoms. The first-order chi connectivity index (χ1) is 13.5. The van der Waals surface area contributed by atoms with Crippen LogP contribution in [0.15, 0.2) is 30.6 Å². The molecule has 1 aromatic heterocycles. The SMILES string of the molecule is Cc1c(C(=O)NC2CCC(Oc3nccnc3C#N)CC2)cccc1[N+](=O)[O-]. The van der Waals surface area contributed by atoms with Crippen LogP contribution < -0.4 is 10.1 Å². The summed E-state index contributed by atoms with van der Waals surface area (Å²) in [4.78, 5) is 31.1. The maximum absolute atomic E-state index is 12.5. The summed E-state index contributed by atoms with van der Waals surface area (Å²) in [6.07, 6.45) is 5.60. The number of nitro groups is 1. The number of ether oxygens (including phenoxy) is 1. The van der Waals surface area contributed by atoms with Gasteiger partial charge >= 0.3 is 0 Å². The molecule has 0 atom stereocenters. The van der Waals surface area contributed by atoms with Crippen molar-refractivity contribution in [3.8, 4) is 11.9 Å². The Labute approximate surface area is 161 Å². The Hall–Kier alpha value is -3.54. The zero-order valence-electron chi connectivity index (χ0n) is 15.3. The van der Waals surface area contributed by atoms with Crippen molar-refractivity contribution in [2.24, 2.45) is 0 Å². The summed E-state index contributed by atoms with van der Waals surface area (Å²) in [6.45, 7) is 1.57. The molecule has 144 valence electrons. The van der Waals surface area contributed by atoms with Gasteiger partial charge in [0, 0.05) is 35.6 Å². The molecule has 1 N–H and O–H groups in total. The van der Waals surface area contributed by atoms with Gasteiger partial charge in [0.1, 0.15) is 12.2 Å². The lowest BCUT2D eigenvalue weighted by Crippen LogP contribution is -2.40. The highest BCUT2D eigenvalue weighted by Crippen LogP contribution is 2.25. The topological polar surface area (TPSA) is 131 Å². The third-order valence-electron chi connectivity index (χ3n) is 4.80. The highest BCUT2D eigenvalue weighted by Gasteiger charge is 2.26. The standard InChI is InChI=1S/C19H19N5O4/c1-12-15(3-2-4-17(12)24(26)27)18(25)23-13-5-7-14(8-6-13)28-19-16(11-20)21-9-10-22-19/h2-4,9-10,13-14H,5-8H2,1H3,(H,23,25). The predicted octanol–water partition coefficient (Wildman–Crippen LogP) is 2.68. The first-order valence-corrected chi connectivity index (χ1v) is 8.92. The summed E-state index contributed by atoms with van der Waals surface area (Å²) in [5.41, 5.74) is 0.751. The van der Waals surface area contributed by atoms with Crippen LogP contribution in [0.2, 0.25) is 0 Å². The van der Waals surface area contributed by atoms with Gasteiger partial charge in [-0.05, 0) is 38.7 Å². The molecule has 9 nitrogen and oxygen atoms in total. The Morgan fingerprint density at radius 3 is 2.68 bits per heavy atom. The van der Waals surface area contributed by atoms with Crippen LogP contribution >= 0.6 is 0 Å². The normalized spacial score (nSPS) is 18.7. The third-order valence-corrected chi connectivity index (χ3v) is 4.80. The van der Waals surface area contributed by atoms with E-state index in [9.17, 15) is 14.9 Å². The minimum Gasteiger partial charge on any atom is -0.472 e. The molecule has 9 heteroatoms. The molecular weight excluding hydrogens is 362 g/mol. The maximum atomic E-state index is 12.5. The predicted molar refractivity (Wildman–Crippen MR) is 98.7 cm³/mol. The van der Waals surface area contributed by atoms with Gasteiger partial charge in [-0.2, -0.15) is 5.26 Å². The van der Waals surface area contributed by atoms with Gasteiger partial charge in [0.25, 0.3) is 17.5 Å². The number of hydrogen-bond donors (Lipinski definition) is 1. The minimum atomic E-state index is -0.489. The van der Waals surface area contributed by atoms with Crippen LogP contribution in [0.25, 0.3) is 0 Å². The highest BCUT2D eigenvalue weighted by atomic mass is 16.6. The number of nitrogens with zero attached hydrogens (tertiary/aromatic N) is 4. The first-order valence-electron chi connectivity index (χ1n) is 8.92. The minimum absolute atomic E-state index is 0.0386. The van der Waals surface area contributed by atoms with Gasteiger partial charge in [0.05, 0.1) is 4.92 Å². The van der Waals surface area contributed by atoms with E-state index in [1.54, 1.807) is 13.0 Å². The molecule has 1 heterocycles. The zero-order valence-corrected chi connectivity index (χ0v) is 15.3. The van der Waals surface area contributed by atoms with Gasteiger partial charge in [-0.15, -0.1) is 0 Å². The van der Waals surface area contributed by atoms with Crippen molar-refractivity contribution in [1.29, 1.82) is 5.26 Å². The lowest BCUT2D eigenvalue weighted by Gasteiger charge is -2.29. The number of nitro benzene ring substituents is 1. The molecule has 3 rings (SSSR count). The van der Waals surface area contributed by atoms with Crippen LogP contribution in [0.1, 0.15) is 47.3 Å². The Morgan fingerprint density at radius 2 is 2.00 bits per heavy atom. The Morgan fingerprint density at radius 1 is 1.29 bits per heavy atom. The summed E-state index contributed by atoms with van der Waals surface area (Å²) < 4.78 is 5.79. The molecule has 0 aliphatic heterocycles. The van der Waals surface area contributed by atoms with Crippen LogP contribution in [0.3, 0.4) is 0 Å². The van der Waals surface area contributed by atoms with Crippen molar-refractivity contribution in [3.05, 3.63) is 57.5 Å². The fraction of sp³-hybridized carbons (Fsp3) is 0.368. The van der Waals surface area contributed by atoms with Gasteiger partial charge in [-0.3, -0.25) is 14.9 Å². The summed E-state index contributed by atoms with van der Waals surface area (Å²) in [5, 5.41) is 23.1. The molecule has 1 saturated carbocycles. The van der Waals surface area contributed by atoms with Crippen molar-refractivity contribution in [2.45, 2.75) is 44.8 Å². The second-order valence-corrected chi connectivity index (χ2v) is 6.59. The van der Waals surface area contributed by atoms with Crippen molar-refractivity contribution in [3.63, 3.8) is 0 Å². The number of carbonyl (C=O) groups excluding carboxylic acids is 1. The number of rotatable bonds is 5. The van der Waals surface area contributed by atoms with E-state index in [0.717, 1.165) is 0 Å². The molecule has 1 fully saturated rings. The molecular formula is C19H19N5O4. The average molecular weight is 381 g/mol. The third kappa shape index (κ3) is 4.23. The fourth-order valence-corrected chi connectivity index (χ4v) is 3.30. The Bertz CT molecular complexity index is 932. The van der Waals surface area contributed by atoms with E-state index in [-0.39, 0.29) is 35.3 Å². The molecule has 1 aliphatic carbocycles. The molecule has 0 radical (unpaired) electrons. The molecule has 1 aromatic carbocycles. The van der Waals surface area contributed by atoms with Gasteiger partial charge in [-0.25, -0.2) is 9.97 Å². The van der Waals surface area contributed by atoms with Gasteiger partial charge in [0.2, 0.25) is 5.69 Å². The molecule has 1 aliphatic rings. The monoisotopic (exact) mass is 381 g/mol. The lowest BCUT2D eigenvalue weighted by molar-refractivity contribution is -0.385. The highest BCUT2D eigenvalue weighted by molar-refractivity contribution is 5.96. The molecule has 2 aromatic rings. The number of nitrogens with one attached hydrogen (secondary N) is 1. The summed E-state index contributed by atoms with van der Waals surface area (Å²) in [6, 6.07) is 6.40. The van der Waals surface area contributed by atoms with Crippen molar-refractivity contribution in [2.75, 3.05) is 0 Å². The van der Waals surface area contributed by atoms with E-state index < -0.39 is 4.92 Å². The van der Waals surface area contributed by atoms with Gasteiger partial charge in [-0.1, -0.05) is 6.07 Å². The van der Waals surface area contributed by atoms with Crippen LogP contribution in [-0.4, -0.2) is 32.9 Å². The van der Waals surface area contributed by atoms with Gasteiger partial charge in [0.15, 0.2) is 0 Å². The maximum Gasteiger partial charge on any atom is 0.273 e. The summed E-state index contributed by atoms with van der Waals surface area (Å²) in [7, 11) is 0. The van der Waals surface area contributed by atoms with Crippen molar-refractivity contribution in [1.82, 2.24) is 15.3 Å². The van der Waals surface area contributed by atoms with E-state index in [0.29, 0.717) is 36.8 Å². The van der Waals surface area contributed by atoms with E-state index in [1.807, 2.05) is 6.07 Å². The summed E-state index contributed by atoms with van der Waals surface area (Å²) >= 11 is 0. The number of carbonyl (C=O) groups is 1. The lowest BCUT2D eigenvalue weighted by atomic mass is 9.92. The zero-order chi connectivity index (χ0) is 20.1. The van der Waals surface area contributed by atoms with E-state index in [2.05, 4.69) is 15.3 Å². The van der Waals surface area contributed by atoms with Crippen molar-refractivity contribution < 1.29 is 14.5 Å². The molecule has 28 heavy (non-hydrogen) atoms. The first kappa shape index (κ1) is 19.2. The quantitative estimate of drug-likeness (QED) is 0.622. The van der Waals surface area contributed by atoms with E-state index >= 15 is 0 Å². The average Bonchev–Trinajstić information content (AvgIpc) is 2.69. The van der Waals surface area contributed by atoms with Crippen LogP contribution in [0, 0.1) is 28.4 Å². The number of hydrogen-bond acceptors (Lipinski definition) is 7. The fourth-order valence-electron chi connectivity index (χ4n) is 3.30. The Balaban J connectivity index is 1.57. The number of amides is 1. The van der Waals surface area contributed by atoms with Crippen molar-refractivity contribution >= 4 is 11.6 Å². The van der Waals surface area contributed by atoms with E-state index in [4.69, 9.17) is 10.00 Å². The smallest absolute Gasteiger partial charge is 0.273 e. The second kappa shape index (κ2) is 8.43. The van der Waals surface area contributed by atoms with Gasteiger partial charge < -0.3 is 10.1 Å².